The zero-order valence-corrected chi connectivity index (χ0v) is 13.2. The molecule has 6 nitrogen and oxygen atoms in total. The Morgan fingerprint density at radius 1 is 1.10 bits per heavy atom. The van der Waals surface area contributed by atoms with E-state index in [4.69, 9.17) is 10.2 Å². The molecule has 0 aliphatic carbocycles. The summed E-state index contributed by atoms with van der Waals surface area (Å²) in [6.45, 7) is 6.96. The monoisotopic (exact) mass is 319 g/mol. The second-order valence-corrected chi connectivity index (χ2v) is 8.63. The molecule has 0 saturated heterocycles. The molecule has 0 unspecified atom stereocenters. The zero-order chi connectivity index (χ0) is 15.7. The van der Waals surface area contributed by atoms with Gasteiger partial charge in [0.05, 0.1) is 8.98 Å². The first kappa shape index (κ1) is 16.9. The van der Waals surface area contributed by atoms with Crippen LogP contribution < -0.4 is 5.32 Å². The number of carbonyl (C=O) groups is 3. The van der Waals surface area contributed by atoms with E-state index < -0.39 is 28.0 Å². The van der Waals surface area contributed by atoms with Gasteiger partial charge in [-0.2, -0.15) is 0 Å². The molecule has 0 spiro atoms. The second-order valence-electron chi connectivity index (χ2n) is 5.10. The lowest BCUT2D eigenvalue weighted by atomic mass is 10.0. The van der Waals surface area contributed by atoms with Crippen molar-refractivity contribution >= 4 is 41.4 Å². The first-order chi connectivity index (χ1) is 9.05. The standard InChI is InChI=1S/C12H17NO5S2/c1-5(2)6(10(15)16)13-9(14)7-8(11(17)18)20-12(3,4)19-7/h5-6H,1-4H3,(H,13,14)(H,15,16)(H,17,18)/t6-/m0/s1. The van der Waals surface area contributed by atoms with Gasteiger partial charge in [0.25, 0.3) is 5.91 Å². The SMILES string of the molecule is CC(C)[C@H](NC(=O)C1=C(C(=O)O)SC(C)(C)S1)C(=O)O. The first-order valence-electron chi connectivity index (χ1n) is 5.94. The van der Waals surface area contributed by atoms with Crippen LogP contribution in [0.1, 0.15) is 27.7 Å². The molecule has 1 amide bonds. The van der Waals surface area contributed by atoms with Crippen LogP contribution in [0.3, 0.4) is 0 Å². The number of hydrogen-bond acceptors (Lipinski definition) is 5. The summed E-state index contributed by atoms with van der Waals surface area (Å²) in [5, 5.41) is 20.6. The maximum atomic E-state index is 12.1. The summed E-state index contributed by atoms with van der Waals surface area (Å²) < 4.78 is -0.461. The van der Waals surface area contributed by atoms with E-state index in [0.717, 1.165) is 23.5 Å². The molecule has 112 valence electrons. The topological polar surface area (TPSA) is 104 Å². The van der Waals surface area contributed by atoms with Crippen molar-refractivity contribution in [1.82, 2.24) is 5.32 Å². The van der Waals surface area contributed by atoms with Gasteiger partial charge in [-0.15, -0.1) is 11.8 Å². The molecule has 0 saturated carbocycles. The van der Waals surface area contributed by atoms with Crippen molar-refractivity contribution in [1.29, 1.82) is 0 Å². The molecule has 1 atom stereocenters. The van der Waals surface area contributed by atoms with Crippen molar-refractivity contribution in [3.8, 4) is 0 Å². The molecular formula is C12H17NO5S2. The Morgan fingerprint density at radius 3 is 2.00 bits per heavy atom. The third-order valence-electron chi connectivity index (χ3n) is 2.52. The van der Waals surface area contributed by atoms with E-state index >= 15 is 0 Å². The lowest BCUT2D eigenvalue weighted by Crippen LogP contribution is -2.44. The summed E-state index contributed by atoms with van der Waals surface area (Å²) >= 11 is 2.23. The van der Waals surface area contributed by atoms with Gasteiger partial charge in [-0.1, -0.05) is 25.6 Å². The van der Waals surface area contributed by atoms with Gasteiger partial charge in [0.15, 0.2) is 0 Å². The highest BCUT2D eigenvalue weighted by Gasteiger charge is 2.40. The molecule has 0 bridgehead atoms. The van der Waals surface area contributed by atoms with Crippen LogP contribution in [-0.4, -0.2) is 38.2 Å². The number of thioether (sulfide) groups is 2. The molecule has 0 radical (unpaired) electrons. The third-order valence-corrected chi connectivity index (χ3v) is 5.31. The molecule has 1 aliphatic heterocycles. The van der Waals surface area contributed by atoms with Crippen LogP contribution in [0.4, 0.5) is 0 Å². The van der Waals surface area contributed by atoms with E-state index in [1.165, 1.54) is 0 Å². The number of hydrogen-bond donors (Lipinski definition) is 3. The Labute approximate surface area is 125 Å². The fraction of sp³-hybridized carbons (Fsp3) is 0.583. The highest BCUT2D eigenvalue weighted by atomic mass is 32.2. The van der Waals surface area contributed by atoms with Gasteiger partial charge in [-0.05, 0) is 19.8 Å². The van der Waals surface area contributed by atoms with Crippen LogP contribution >= 0.6 is 23.5 Å². The van der Waals surface area contributed by atoms with Crippen molar-refractivity contribution < 1.29 is 24.6 Å². The number of carboxylic acids is 2. The first-order valence-corrected chi connectivity index (χ1v) is 7.57. The smallest absolute Gasteiger partial charge is 0.343 e. The molecule has 1 rings (SSSR count). The van der Waals surface area contributed by atoms with E-state index in [9.17, 15) is 14.4 Å². The molecule has 20 heavy (non-hydrogen) atoms. The summed E-state index contributed by atoms with van der Waals surface area (Å²) in [4.78, 5) is 34.4. The van der Waals surface area contributed by atoms with E-state index in [0.29, 0.717) is 0 Å². The maximum absolute atomic E-state index is 12.1. The number of amides is 1. The summed E-state index contributed by atoms with van der Waals surface area (Å²) in [5.74, 6) is -3.25. The average Bonchev–Trinajstić information content (AvgIpc) is 2.61. The largest absolute Gasteiger partial charge is 0.480 e. The van der Waals surface area contributed by atoms with Gasteiger partial charge in [-0.3, -0.25) is 4.79 Å². The number of carboxylic acid groups (broad SMARTS) is 2. The van der Waals surface area contributed by atoms with Crippen molar-refractivity contribution in [3.05, 3.63) is 9.81 Å². The average molecular weight is 319 g/mol. The lowest BCUT2D eigenvalue weighted by Gasteiger charge is -2.19. The van der Waals surface area contributed by atoms with E-state index in [2.05, 4.69) is 5.32 Å². The molecule has 1 aliphatic rings. The predicted octanol–water partition coefficient (Wildman–Crippen LogP) is 1.72. The summed E-state index contributed by atoms with van der Waals surface area (Å²) in [7, 11) is 0. The normalized spacial score (nSPS) is 19.1. The number of nitrogens with one attached hydrogen (secondary N) is 1. The molecule has 1 heterocycles. The van der Waals surface area contributed by atoms with Crippen LogP contribution in [0.2, 0.25) is 0 Å². The Morgan fingerprint density at radius 2 is 1.60 bits per heavy atom. The number of aliphatic carboxylic acids is 2. The minimum absolute atomic E-state index is 0.0367. The van der Waals surface area contributed by atoms with Gasteiger partial charge >= 0.3 is 11.9 Å². The molecule has 8 heteroatoms. The summed E-state index contributed by atoms with van der Waals surface area (Å²) in [5.41, 5.74) is 0. The second kappa shape index (κ2) is 6.09. The Hall–Kier alpha value is -1.15. The van der Waals surface area contributed by atoms with Crippen molar-refractivity contribution in [2.75, 3.05) is 0 Å². The van der Waals surface area contributed by atoms with Crippen molar-refractivity contribution in [3.63, 3.8) is 0 Å². The molecule has 0 aromatic heterocycles. The van der Waals surface area contributed by atoms with E-state index in [-0.39, 0.29) is 15.7 Å². The fourth-order valence-corrected chi connectivity index (χ4v) is 4.12. The number of rotatable bonds is 5. The molecule has 0 fully saturated rings. The molecule has 0 aromatic carbocycles. The summed E-state index contributed by atoms with van der Waals surface area (Å²) in [6, 6.07) is -1.04. The van der Waals surface area contributed by atoms with E-state index in [1.54, 1.807) is 13.8 Å². The minimum atomic E-state index is -1.17. The molecular weight excluding hydrogens is 302 g/mol. The Kier molecular flexibility index (Phi) is 5.15. The molecule has 0 aromatic rings. The minimum Gasteiger partial charge on any atom is -0.480 e. The summed E-state index contributed by atoms with van der Waals surface area (Å²) in [6.07, 6.45) is 0. The number of carbonyl (C=O) groups excluding carboxylic acids is 1. The van der Waals surface area contributed by atoms with E-state index in [1.807, 2.05) is 13.8 Å². The van der Waals surface area contributed by atoms with Gasteiger partial charge in [-0.25, -0.2) is 9.59 Å². The highest BCUT2D eigenvalue weighted by molar-refractivity contribution is 8.25. The predicted molar refractivity (Wildman–Crippen MR) is 78.3 cm³/mol. The van der Waals surface area contributed by atoms with Crippen LogP contribution in [0.5, 0.6) is 0 Å². The van der Waals surface area contributed by atoms with Crippen molar-refractivity contribution in [2.24, 2.45) is 5.92 Å². The molecule has 3 N–H and O–H groups in total. The van der Waals surface area contributed by atoms with Gasteiger partial charge in [0.1, 0.15) is 10.9 Å². The maximum Gasteiger partial charge on any atom is 0.343 e. The lowest BCUT2D eigenvalue weighted by molar-refractivity contribution is -0.142. The Balaban J connectivity index is 2.98. The Bertz CT molecular complexity index is 484. The zero-order valence-electron chi connectivity index (χ0n) is 11.6. The van der Waals surface area contributed by atoms with Gasteiger partial charge in [0.2, 0.25) is 0 Å². The highest BCUT2D eigenvalue weighted by Crippen LogP contribution is 2.53. The quantitative estimate of drug-likeness (QED) is 0.709. The van der Waals surface area contributed by atoms with Gasteiger partial charge < -0.3 is 15.5 Å². The van der Waals surface area contributed by atoms with Crippen LogP contribution in [0, 0.1) is 5.92 Å². The van der Waals surface area contributed by atoms with Crippen LogP contribution in [0.15, 0.2) is 9.81 Å². The van der Waals surface area contributed by atoms with Crippen LogP contribution in [-0.2, 0) is 14.4 Å². The van der Waals surface area contributed by atoms with Crippen LogP contribution in [0.25, 0.3) is 0 Å². The third kappa shape index (κ3) is 3.92. The van der Waals surface area contributed by atoms with Crippen molar-refractivity contribution in [2.45, 2.75) is 37.8 Å². The fourth-order valence-electron chi connectivity index (χ4n) is 1.62. The van der Waals surface area contributed by atoms with Gasteiger partial charge in [0, 0.05) is 0 Å².